The first-order chi connectivity index (χ1) is 6.91. The van der Waals surface area contributed by atoms with Gasteiger partial charge in [0.2, 0.25) is 0 Å². The smallest absolute Gasteiger partial charge is 0.0252 e. The van der Waals surface area contributed by atoms with Crippen LogP contribution in [0.25, 0.3) is 0 Å². The van der Waals surface area contributed by atoms with E-state index >= 15 is 0 Å². The average Bonchev–Trinajstić information content (AvgIpc) is 2.80. The fourth-order valence-corrected chi connectivity index (χ4v) is 2.79. The second kappa shape index (κ2) is 3.74. The van der Waals surface area contributed by atoms with E-state index in [-0.39, 0.29) is 0 Å². The summed E-state index contributed by atoms with van der Waals surface area (Å²) in [5.41, 5.74) is 0.934. The average molecular weight is 210 g/mol. The van der Waals surface area contributed by atoms with E-state index in [0.717, 1.165) is 5.92 Å². The predicted octanol–water partition coefficient (Wildman–Crippen LogP) is 2.11. The lowest BCUT2D eigenvalue weighted by Crippen LogP contribution is -2.47. The van der Waals surface area contributed by atoms with Gasteiger partial charge < -0.3 is 10.2 Å². The molecule has 2 nitrogen and oxygen atoms in total. The lowest BCUT2D eigenvalue weighted by atomic mass is 10.1. The number of rotatable bonds is 2. The maximum absolute atomic E-state index is 3.74. The summed E-state index contributed by atoms with van der Waals surface area (Å²) in [5.74, 6) is 0.787. The second-order valence-electron chi connectivity index (χ2n) is 6.80. The molecule has 0 radical (unpaired) electrons. The number of nitrogens with one attached hydrogen (secondary N) is 1. The first-order valence-corrected chi connectivity index (χ1v) is 6.38. The molecule has 0 aromatic carbocycles. The molecular formula is C13H26N2. The van der Waals surface area contributed by atoms with Gasteiger partial charge in [0.1, 0.15) is 0 Å². The summed E-state index contributed by atoms with van der Waals surface area (Å²) in [6, 6.07) is 0. The van der Waals surface area contributed by atoms with E-state index in [2.05, 4.69) is 37.9 Å². The number of nitrogens with zero attached hydrogens (tertiary/aromatic N) is 1. The van der Waals surface area contributed by atoms with Crippen LogP contribution in [0.4, 0.5) is 0 Å². The molecule has 2 rings (SSSR count). The molecule has 1 heterocycles. The minimum Gasteiger partial charge on any atom is -0.310 e. The van der Waals surface area contributed by atoms with Crippen molar-refractivity contribution in [2.45, 2.75) is 46.1 Å². The summed E-state index contributed by atoms with van der Waals surface area (Å²) in [4.78, 5) is 2.68. The van der Waals surface area contributed by atoms with Crippen LogP contribution in [-0.4, -0.2) is 36.6 Å². The minimum absolute atomic E-state index is 0.293. The molecule has 15 heavy (non-hydrogen) atoms. The van der Waals surface area contributed by atoms with E-state index < -0.39 is 0 Å². The fourth-order valence-electron chi connectivity index (χ4n) is 2.79. The van der Waals surface area contributed by atoms with Gasteiger partial charge in [0, 0.05) is 31.7 Å². The highest BCUT2D eigenvalue weighted by atomic mass is 15.2. The normalized spacial score (nSPS) is 29.4. The largest absolute Gasteiger partial charge is 0.310 e. The van der Waals surface area contributed by atoms with Gasteiger partial charge in [-0.2, -0.15) is 0 Å². The molecule has 1 saturated heterocycles. The zero-order valence-electron chi connectivity index (χ0n) is 10.8. The van der Waals surface area contributed by atoms with E-state index in [1.807, 2.05) is 0 Å². The Morgan fingerprint density at radius 3 is 2.40 bits per heavy atom. The molecule has 1 spiro atoms. The molecule has 0 aromatic heterocycles. The zero-order valence-corrected chi connectivity index (χ0v) is 10.8. The molecule has 1 aliphatic carbocycles. The van der Waals surface area contributed by atoms with E-state index in [1.165, 1.54) is 39.0 Å². The third-order valence-electron chi connectivity index (χ3n) is 3.70. The fraction of sp³-hybridized carbons (Fsp3) is 1.00. The maximum Gasteiger partial charge on any atom is 0.0252 e. The lowest BCUT2D eigenvalue weighted by Gasteiger charge is -2.31. The van der Waals surface area contributed by atoms with Gasteiger partial charge in [0.25, 0.3) is 0 Å². The summed E-state index contributed by atoms with van der Waals surface area (Å²) in [6.45, 7) is 14.3. The predicted molar refractivity (Wildman–Crippen MR) is 65.0 cm³/mol. The Hall–Kier alpha value is -0.0800. The van der Waals surface area contributed by atoms with Crippen LogP contribution in [0.3, 0.4) is 0 Å². The Morgan fingerprint density at radius 1 is 1.20 bits per heavy atom. The van der Waals surface area contributed by atoms with Crippen molar-refractivity contribution in [1.29, 1.82) is 0 Å². The third-order valence-corrected chi connectivity index (χ3v) is 3.70. The van der Waals surface area contributed by atoms with Gasteiger partial charge in [-0.1, -0.05) is 13.8 Å². The molecule has 1 saturated carbocycles. The summed E-state index contributed by atoms with van der Waals surface area (Å²) in [6.07, 6.45) is 2.87. The Kier molecular flexibility index (Phi) is 2.85. The van der Waals surface area contributed by atoms with Crippen LogP contribution in [-0.2, 0) is 0 Å². The molecule has 1 aliphatic heterocycles. The van der Waals surface area contributed by atoms with Gasteiger partial charge >= 0.3 is 0 Å². The van der Waals surface area contributed by atoms with Crippen molar-refractivity contribution < 1.29 is 0 Å². The first-order valence-electron chi connectivity index (χ1n) is 6.38. The van der Waals surface area contributed by atoms with Gasteiger partial charge in [-0.15, -0.1) is 0 Å². The highest BCUT2D eigenvalue weighted by Crippen LogP contribution is 2.47. The molecule has 0 aromatic rings. The monoisotopic (exact) mass is 210 g/mol. The Labute approximate surface area is 94.4 Å². The second-order valence-corrected chi connectivity index (χ2v) is 6.80. The van der Waals surface area contributed by atoms with Crippen molar-refractivity contribution in [3.63, 3.8) is 0 Å². The number of hydrogen-bond donors (Lipinski definition) is 1. The highest BCUT2D eigenvalue weighted by Gasteiger charge is 2.46. The van der Waals surface area contributed by atoms with Crippen molar-refractivity contribution >= 4 is 0 Å². The lowest BCUT2D eigenvalue weighted by molar-refractivity contribution is 0.193. The third kappa shape index (κ3) is 2.94. The van der Waals surface area contributed by atoms with E-state index in [4.69, 9.17) is 0 Å². The zero-order chi connectivity index (χ0) is 11.1. The van der Waals surface area contributed by atoms with Crippen molar-refractivity contribution in [3.05, 3.63) is 0 Å². The van der Waals surface area contributed by atoms with Crippen LogP contribution < -0.4 is 5.32 Å². The minimum atomic E-state index is 0.293. The molecule has 0 amide bonds. The van der Waals surface area contributed by atoms with E-state index in [9.17, 15) is 0 Å². The highest BCUT2D eigenvalue weighted by molar-refractivity contribution is 5.02. The first kappa shape index (κ1) is 11.4. The molecule has 0 bridgehead atoms. The molecule has 2 fully saturated rings. The van der Waals surface area contributed by atoms with Crippen molar-refractivity contribution in [3.8, 4) is 0 Å². The van der Waals surface area contributed by atoms with Gasteiger partial charge in [0.15, 0.2) is 0 Å². The summed E-state index contributed by atoms with van der Waals surface area (Å²) in [7, 11) is 0. The van der Waals surface area contributed by atoms with Crippen molar-refractivity contribution in [2.24, 2.45) is 11.3 Å². The Balaban J connectivity index is 2.01. The summed E-state index contributed by atoms with van der Waals surface area (Å²) >= 11 is 0. The van der Waals surface area contributed by atoms with Gasteiger partial charge in [-0.05, 0) is 38.0 Å². The Morgan fingerprint density at radius 2 is 1.87 bits per heavy atom. The standard InChI is InChI=1S/C13H26N2/c1-11(2)7-15-9-12(3,4)14-8-13(10-15)5-6-13/h11,14H,5-10H2,1-4H3. The van der Waals surface area contributed by atoms with Crippen LogP contribution in [0.5, 0.6) is 0 Å². The van der Waals surface area contributed by atoms with Gasteiger partial charge in [0.05, 0.1) is 0 Å². The molecular weight excluding hydrogens is 184 g/mol. The molecule has 0 unspecified atom stereocenters. The van der Waals surface area contributed by atoms with Crippen LogP contribution in [0, 0.1) is 11.3 Å². The molecule has 2 aliphatic rings. The van der Waals surface area contributed by atoms with E-state index in [0.29, 0.717) is 11.0 Å². The summed E-state index contributed by atoms with van der Waals surface area (Å²) in [5, 5.41) is 3.74. The molecule has 1 N–H and O–H groups in total. The van der Waals surface area contributed by atoms with Gasteiger partial charge in [-0.25, -0.2) is 0 Å². The van der Waals surface area contributed by atoms with Crippen LogP contribution in [0.15, 0.2) is 0 Å². The van der Waals surface area contributed by atoms with E-state index in [1.54, 1.807) is 0 Å². The van der Waals surface area contributed by atoms with Crippen LogP contribution >= 0.6 is 0 Å². The summed E-state index contributed by atoms with van der Waals surface area (Å²) < 4.78 is 0. The van der Waals surface area contributed by atoms with Crippen LogP contribution in [0.1, 0.15) is 40.5 Å². The quantitative estimate of drug-likeness (QED) is 0.751. The topological polar surface area (TPSA) is 15.3 Å². The molecule has 2 heteroatoms. The molecule has 0 atom stereocenters. The SMILES string of the molecule is CC(C)CN1CC2(CC2)CNC(C)(C)C1. The molecule has 88 valence electrons. The maximum atomic E-state index is 3.74. The number of hydrogen-bond acceptors (Lipinski definition) is 2. The van der Waals surface area contributed by atoms with Crippen LogP contribution in [0.2, 0.25) is 0 Å². The van der Waals surface area contributed by atoms with Crippen molar-refractivity contribution in [1.82, 2.24) is 10.2 Å². The Bertz CT molecular complexity index is 221. The van der Waals surface area contributed by atoms with Gasteiger partial charge in [-0.3, -0.25) is 0 Å². The van der Waals surface area contributed by atoms with Crippen molar-refractivity contribution in [2.75, 3.05) is 26.2 Å².